The number of carbonyl (C=O) groups excluding carboxylic acids is 1. The molecule has 0 bridgehead atoms. The number of nitrogens with one attached hydrogen (secondary N) is 1. The first-order chi connectivity index (χ1) is 13.8. The zero-order chi connectivity index (χ0) is 20.6. The largest absolute Gasteiger partial charge is 0.402 e. The highest BCUT2D eigenvalue weighted by Gasteiger charge is 2.60. The van der Waals surface area contributed by atoms with Crippen LogP contribution in [0.4, 0.5) is 18.9 Å². The van der Waals surface area contributed by atoms with Crippen molar-refractivity contribution in [2.45, 2.75) is 30.5 Å². The number of fused-ring (bicyclic) bond motifs is 1. The molecule has 0 heterocycles. The lowest BCUT2D eigenvalue weighted by molar-refractivity contribution is -0.188. The number of benzene rings is 2. The van der Waals surface area contributed by atoms with E-state index in [9.17, 15) is 18.0 Å². The summed E-state index contributed by atoms with van der Waals surface area (Å²) >= 11 is 0. The topological polar surface area (TPSA) is 55.1 Å². The van der Waals surface area contributed by atoms with Crippen molar-refractivity contribution in [2.75, 3.05) is 5.32 Å². The smallest absolute Gasteiger partial charge is 0.327 e. The van der Waals surface area contributed by atoms with E-state index in [4.69, 9.17) is 5.73 Å². The fourth-order valence-electron chi connectivity index (χ4n) is 4.31. The van der Waals surface area contributed by atoms with Crippen LogP contribution in [0.25, 0.3) is 0 Å². The minimum absolute atomic E-state index is 0.0353. The van der Waals surface area contributed by atoms with Crippen LogP contribution in [0.5, 0.6) is 0 Å². The number of amides is 1. The van der Waals surface area contributed by atoms with Crippen molar-refractivity contribution in [1.82, 2.24) is 0 Å². The molecule has 0 aliphatic heterocycles. The van der Waals surface area contributed by atoms with Gasteiger partial charge in [-0.15, -0.1) is 0 Å². The van der Waals surface area contributed by atoms with E-state index in [0.717, 1.165) is 23.6 Å². The standard InChI is InChI=1S/C23H21F3N2O/c24-23(25,26)22(17-6-2-1-3-7-17)11-5-4-8-20(22)21(29)28-19-10-9-15-12-18(27)13-16(15)14-19/h1-11,14,18,20H,12-13,27H2,(H,28,29)/t18-,20?,22?/m0/s1. The van der Waals surface area contributed by atoms with Gasteiger partial charge in [-0.25, -0.2) is 0 Å². The third-order valence-electron chi connectivity index (χ3n) is 5.71. The number of allylic oxidation sites excluding steroid dienone is 3. The molecule has 150 valence electrons. The highest BCUT2D eigenvalue weighted by molar-refractivity contribution is 5.95. The molecule has 0 spiro atoms. The highest BCUT2D eigenvalue weighted by Crippen LogP contribution is 2.50. The van der Waals surface area contributed by atoms with E-state index in [2.05, 4.69) is 5.32 Å². The van der Waals surface area contributed by atoms with Crippen molar-refractivity contribution in [3.63, 3.8) is 0 Å². The summed E-state index contributed by atoms with van der Waals surface area (Å²) in [6.45, 7) is 0. The SMILES string of the molecule is N[C@H]1Cc2ccc(NC(=O)C3C=CC=CC3(c3ccccc3)C(F)(F)F)cc2C1. The number of anilines is 1. The van der Waals surface area contributed by atoms with Gasteiger partial charge in [0, 0.05) is 11.7 Å². The van der Waals surface area contributed by atoms with Gasteiger partial charge in [0.05, 0.1) is 5.92 Å². The van der Waals surface area contributed by atoms with Crippen molar-refractivity contribution < 1.29 is 18.0 Å². The lowest BCUT2D eigenvalue weighted by Gasteiger charge is -2.39. The summed E-state index contributed by atoms with van der Waals surface area (Å²) in [7, 11) is 0. The number of rotatable bonds is 3. The average molecular weight is 398 g/mol. The molecular formula is C23H21F3N2O. The molecule has 2 aromatic carbocycles. The van der Waals surface area contributed by atoms with Gasteiger partial charge in [-0.2, -0.15) is 13.2 Å². The molecule has 1 amide bonds. The van der Waals surface area contributed by atoms with Gasteiger partial charge in [-0.1, -0.05) is 60.7 Å². The van der Waals surface area contributed by atoms with Gasteiger partial charge in [0.25, 0.3) is 0 Å². The minimum atomic E-state index is -4.65. The highest BCUT2D eigenvalue weighted by atomic mass is 19.4. The molecule has 0 radical (unpaired) electrons. The van der Waals surface area contributed by atoms with Gasteiger partial charge in [0.15, 0.2) is 0 Å². The van der Waals surface area contributed by atoms with Crippen LogP contribution in [0.2, 0.25) is 0 Å². The molecular weight excluding hydrogens is 377 g/mol. The molecule has 0 aromatic heterocycles. The van der Waals surface area contributed by atoms with Crippen LogP contribution in [0.1, 0.15) is 16.7 Å². The number of alkyl halides is 3. The number of hydrogen-bond acceptors (Lipinski definition) is 2. The second-order valence-electron chi connectivity index (χ2n) is 7.60. The van der Waals surface area contributed by atoms with E-state index >= 15 is 0 Å². The average Bonchev–Trinajstić information content (AvgIpc) is 3.07. The lowest BCUT2D eigenvalue weighted by Crippen LogP contribution is -2.51. The minimum Gasteiger partial charge on any atom is -0.327 e. The molecule has 0 saturated carbocycles. The molecule has 2 aliphatic rings. The molecule has 2 aromatic rings. The first kappa shape index (κ1) is 19.5. The van der Waals surface area contributed by atoms with Gasteiger partial charge in [0.2, 0.25) is 5.91 Å². The van der Waals surface area contributed by atoms with Crippen LogP contribution in [0.15, 0.2) is 72.8 Å². The summed E-state index contributed by atoms with van der Waals surface area (Å²) in [6.07, 6.45) is 2.04. The summed E-state index contributed by atoms with van der Waals surface area (Å²) in [5, 5.41) is 2.69. The Morgan fingerprint density at radius 3 is 2.48 bits per heavy atom. The molecule has 3 nitrogen and oxygen atoms in total. The summed E-state index contributed by atoms with van der Waals surface area (Å²) in [4.78, 5) is 13.0. The molecule has 2 unspecified atom stereocenters. The van der Waals surface area contributed by atoms with Gasteiger partial charge < -0.3 is 11.1 Å². The van der Waals surface area contributed by atoms with E-state index in [-0.39, 0.29) is 11.6 Å². The van der Waals surface area contributed by atoms with E-state index in [1.807, 2.05) is 6.07 Å². The Balaban J connectivity index is 1.69. The van der Waals surface area contributed by atoms with Crippen LogP contribution in [-0.2, 0) is 23.1 Å². The zero-order valence-electron chi connectivity index (χ0n) is 15.6. The Kier molecular flexibility index (Phi) is 4.82. The van der Waals surface area contributed by atoms with Crippen LogP contribution < -0.4 is 11.1 Å². The Hall–Kier alpha value is -2.86. The molecule has 3 atom stereocenters. The van der Waals surface area contributed by atoms with Crippen LogP contribution in [0.3, 0.4) is 0 Å². The molecule has 0 fully saturated rings. The van der Waals surface area contributed by atoms with Gasteiger partial charge in [0.1, 0.15) is 5.41 Å². The Morgan fingerprint density at radius 1 is 1.03 bits per heavy atom. The summed E-state index contributed by atoms with van der Waals surface area (Å²) in [5.41, 5.74) is 6.21. The van der Waals surface area contributed by atoms with E-state index in [1.165, 1.54) is 30.4 Å². The van der Waals surface area contributed by atoms with Crippen molar-refractivity contribution in [2.24, 2.45) is 11.7 Å². The Morgan fingerprint density at radius 2 is 1.76 bits per heavy atom. The summed E-state index contributed by atoms with van der Waals surface area (Å²) in [5.74, 6) is -2.13. The zero-order valence-corrected chi connectivity index (χ0v) is 15.6. The molecule has 6 heteroatoms. The van der Waals surface area contributed by atoms with Crippen molar-refractivity contribution in [3.8, 4) is 0 Å². The first-order valence-electron chi connectivity index (χ1n) is 9.48. The molecule has 3 N–H and O–H groups in total. The molecule has 29 heavy (non-hydrogen) atoms. The van der Waals surface area contributed by atoms with Crippen molar-refractivity contribution >= 4 is 11.6 Å². The fourth-order valence-corrected chi connectivity index (χ4v) is 4.31. The number of carbonyl (C=O) groups is 1. The van der Waals surface area contributed by atoms with E-state index in [1.54, 1.807) is 30.3 Å². The predicted octanol–water partition coefficient (Wildman–Crippen LogP) is 4.29. The fraction of sp³-hybridized carbons (Fsp3) is 0.261. The number of hydrogen-bond donors (Lipinski definition) is 2. The first-order valence-corrected chi connectivity index (χ1v) is 9.48. The third kappa shape index (κ3) is 3.38. The van der Waals surface area contributed by atoms with Gasteiger partial charge in [-0.3, -0.25) is 4.79 Å². The normalized spacial score (nSPS) is 25.7. The van der Waals surface area contributed by atoms with Crippen molar-refractivity contribution in [3.05, 3.63) is 89.5 Å². The molecule has 0 saturated heterocycles. The third-order valence-corrected chi connectivity index (χ3v) is 5.71. The maximum Gasteiger partial charge on any atom is 0.402 e. The number of nitrogens with two attached hydrogens (primary N) is 1. The Bertz CT molecular complexity index is 981. The summed E-state index contributed by atoms with van der Waals surface area (Å²) < 4.78 is 43.1. The van der Waals surface area contributed by atoms with Crippen LogP contribution in [-0.4, -0.2) is 18.1 Å². The van der Waals surface area contributed by atoms with Crippen LogP contribution >= 0.6 is 0 Å². The van der Waals surface area contributed by atoms with Crippen molar-refractivity contribution in [1.29, 1.82) is 0 Å². The second kappa shape index (κ2) is 7.19. The predicted molar refractivity (Wildman–Crippen MR) is 106 cm³/mol. The second-order valence-corrected chi connectivity index (χ2v) is 7.60. The quantitative estimate of drug-likeness (QED) is 0.810. The van der Waals surface area contributed by atoms with Gasteiger partial charge >= 0.3 is 6.18 Å². The van der Waals surface area contributed by atoms with Crippen LogP contribution in [0, 0.1) is 5.92 Å². The monoisotopic (exact) mass is 398 g/mol. The molecule has 4 rings (SSSR count). The van der Waals surface area contributed by atoms with E-state index in [0.29, 0.717) is 12.1 Å². The summed E-state index contributed by atoms with van der Waals surface area (Å²) in [6, 6.07) is 13.0. The van der Waals surface area contributed by atoms with Gasteiger partial charge in [-0.05, 0) is 41.7 Å². The number of halogens is 3. The van der Waals surface area contributed by atoms with E-state index < -0.39 is 23.4 Å². The molecule has 2 aliphatic carbocycles. The maximum absolute atomic E-state index is 14.4. The lowest BCUT2D eigenvalue weighted by atomic mass is 9.67. The Labute approximate surface area is 167 Å². The maximum atomic E-state index is 14.4.